The van der Waals surface area contributed by atoms with Gasteiger partial charge in [0.1, 0.15) is 5.82 Å². The SMILES string of the molecule is CCN1CCN(C(c2ccc(F)cc2)c2nnnn2CCc2ccccc2)CC1. The number of halogens is 1. The molecule has 0 amide bonds. The van der Waals surface area contributed by atoms with Crippen LogP contribution in [0, 0.1) is 5.82 Å². The molecule has 0 radical (unpaired) electrons. The van der Waals surface area contributed by atoms with E-state index in [1.54, 1.807) is 0 Å². The third-order valence-corrected chi connectivity index (χ3v) is 5.66. The summed E-state index contributed by atoms with van der Waals surface area (Å²) in [5.74, 6) is 0.587. The van der Waals surface area contributed by atoms with Crippen LogP contribution in [0.1, 0.15) is 29.9 Å². The zero-order chi connectivity index (χ0) is 20.1. The first-order chi connectivity index (χ1) is 14.2. The molecule has 7 heteroatoms. The summed E-state index contributed by atoms with van der Waals surface area (Å²) in [5.41, 5.74) is 2.27. The van der Waals surface area contributed by atoms with Crippen LogP contribution in [0.25, 0.3) is 0 Å². The number of rotatable bonds is 7. The van der Waals surface area contributed by atoms with Gasteiger partial charge in [-0.25, -0.2) is 9.07 Å². The van der Waals surface area contributed by atoms with E-state index in [2.05, 4.69) is 44.4 Å². The normalized spacial score (nSPS) is 16.8. The topological polar surface area (TPSA) is 50.1 Å². The van der Waals surface area contributed by atoms with Crippen LogP contribution in [-0.4, -0.2) is 62.7 Å². The quantitative estimate of drug-likeness (QED) is 0.617. The van der Waals surface area contributed by atoms with Gasteiger partial charge in [0.05, 0.1) is 6.04 Å². The predicted molar refractivity (Wildman–Crippen MR) is 110 cm³/mol. The smallest absolute Gasteiger partial charge is 0.173 e. The van der Waals surface area contributed by atoms with Crippen LogP contribution in [-0.2, 0) is 13.0 Å². The lowest BCUT2D eigenvalue weighted by atomic mass is 10.0. The lowest BCUT2D eigenvalue weighted by Gasteiger charge is -2.38. The Balaban J connectivity index is 1.60. The number of benzene rings is 2. The highest BCUT2D eigenvalue weighted by Gasteiger charge is 2.30. The van der Waals surface area contributed by atoms with Crippen LogP contribution < -0.4 is 0 Å². The van der Waals surface area contributed by atoms with E-state index in [4.69, 9.17) is 0 Å². The number of tetrazole rings is 1. The van der Waals surface area contributed by atoms with Gasteiger partial charge in [-0.15, -0.1) is 5.10 Å². The molecule has 1 saturated heterocycles. The lowest BCUT2D eigenvalue weighted by Crippen LogP contribution is -2.48. The van der Waals surface area contributed by atoms with Gasteiger partial charge in [-0.3, -0.25) is 4.90 Å². The second-order valence-electron chi connectivity index (χ2n) is 7.42. The number of piperazine rings is 1. The Labute approximate surface area is 170 Å². The van der Waals surface area contributed by atoms with Crippen molar-refractivity contribution in [2.45, 2.75) is 25.9 Å². The molecule has 29 heavy (non-hydrogen) atoms. The third kappa shape index (κ3) is 4.68. The van der Waals surface area contributed by atoms with Crippen molar-refractivity contribution < 1.29 is 4.39 Å². The minimum Gasteiger partial charge on any atom is -0.301 e. The van der Waals surface area contributed by atoms with Crippen LogP contribution in [0.15, 0.2) is 54.6 Å². The number of nitrogens with zero attached hydrogens (tertiary/aromatic N) is 6. The van der Waals surface area contributed by atoms with Gasteiger partial charge in [0.25, 0.3) is 0 Å². The van der Waals surface area contributed by atoms with Crippen LogP contribution >= 0.6 is 0 Å². The van der Waals surface area contributed by atoms with Crippen molar-refractivity contribution in [2.24, 2.45) is 0 Å². The molecule has 1 aliphatic heterocycles. The summed E-state index contributed by atoms with van der Waals surface area (Å²) in [4.78, 5) is 4.85. The molecule has 3 aromatic rings. The Morgan fingerprint density at radius 2 is 1.69 bits per heavy atom. The van der Waals surface area contributed by atoms with Crippen molar-refractivity contribution in [1.29, 1.82) is 0 Å². The van der Waals surface area contributed by atoms with Crippen molar-refractivity contribution in [3.63, 3.8) is 0 Å². The molecule has 0 saturated carbocycles. The van der Waals surface area contributed by atoms with Crippen molar-refractivity contribution >= 4 is 0 Å². The minimum absolute atomic E-state index is 0.0830. The Kier molecular flexibility index (Phi) is 6.27. The van der Waals surface area contributed by atoms with Crippen molar-refractivity contribution in [3.05, 3.63) is 77.4 Å². The number of aromatic nitrogens is 4. The first kappa shape index (κ1) is 19.7. The molecule has 0 aliphatic carbocycles. The Bertz CT molecular complexity index is 887. The second-order valence-corrected chi connectivity index (χ2v) is 7.42. The molecule has 1 unspecified atom stereocenters. The van der Waals surface area contributed by atoms with Crippen LogP contribution in [0.4, 0.5) is 4.39 Å². The van der Waals surface area contributed by atoms with Gasteiger partial charge < -0.3 is 4.90 Å². The van der Waals surface area contributed by atoms with E-state index >= 15 is 0 Å². The fraction of sp³-hybridized carbons (Fsp3) is 0.409. The summed E-state index contributed by atoms with van der Waals surface area (Å²) in [6, 6.07) is 17.0. The van der Waals surface area contributed by atoms with E-state index in [1.807, 2.05) is 35.0 Å². The van der Waals surface area contributed by atoms with Crippen molar-refractivity contribution in [2.75, 3.05) is 32.7 Å². The molecule has 1 aromatic heterocycles. The first-order valence-corrected chi connectivity index (χ1v) is 10.3. The maximum absolute atomic E-state index is 13.6. The first-order valence-electron chi connectivity index (χ1n) is 10.3. The molecular formula is C22H27FN6. The highest BCUT2D eigenvalue weighted by Crippen LogP contribution is 2.28. The molecular weight excluding hydrogens is 367 g/mol. The largest absolute Gasteiger partial charge is 0.301 e. The molecule has 0 N–H and O–H groups in total. The van der Waals surface area contributed by atoms with Gasteiger partial charge in [0.15, 0.2) is 5.82 Å². The number of hydrogen-bond donors (Lipinski definition) is 0. The summed E-state index contributed by atoms with van der Waals surface area (Å²) >= 11 is 0. The molecule has 2 aromatic carbocycles. The Morgan fingerprint density at radius 1 is 0.966 bits per heavy atom. The highest BCUT2D eigenvalue weighted by molar-refractivity contribution is 5.25. The van der Waals surface area contributed by atoms with Gasteiger partial charge >= 0.3 is 0 Å². The zero-order valence-electron chi connectivity index (χ0n) is 16.8. The zero-order valence-corrected chi connectivity index (χ0v) is 16.8. The molecule has 0 bridgehead atoms. The molecule has 4 rings (SSSR count). The summed E-state index contributed by atoms with van der Waals surface area (Å²) in [5, 5.41) is 12.6. The molecule has 152 valence electrons. The molecule has 6 nitrogen and oxygen atoms in total. The average molecular weight is 394 g/mol. The maximum atomic E-state index is 13.6. The fourth-order valence-corrected chi connectivity index (χ4v) is 3.95. The number of likely N-dealkylation sites (N-methyl/N-ethyl adjacent to an activating group) is 1. The van der Waals surface area contributed by atoms with Gasteiger partial charge in [-0.05, 0) is 46.7 Å². The number of aryl methyl sites for hydroxylation is 2. The van der Waals surface area contributed by atoms with E-state index in [9.17, 15) is 4.39 Å². The lowest BCUT2D eigenvalue weighted by molar-refractivity contribution is 0.108. The fourth-order valence-electron chi connectivity index (χ4n) is 3.95. The molecule has 2 heterocycles. The van der Waals surface area contributed by atoms with E-state index in [1.165, 1.54) is 17.7 Å². The van der Waals surface area contributed by atoms with Crippen LogP contribution in [0.2, 0.25) is 0 Å². The highest BCUT2D eigenvalue weighted by atomic mass is 19.1. The van der Waals surface area contributed by atoms with Crippen LogP contribution in [0.3, 0.4) is 0 Å². The maximum Gasteiger partial charge on any atom is 0.173 e. The summed E-state index contributed by atoms with van der Waals surface area (Å²) in [7, 11) is 0. The van der Waals surface area contributed by atoms with Gasteiger partial charge in [0, 0.05) is 32.7 Å². The van der Waals surface area contributed by atoms with E-state index < -0.39 is 0 Å². The summed E-state index contributed by atoms with van der Waals surface area (Å²) in [6.07, 6.45) is 0.860. The second kappa shape index (κ2) is 9.24. The summed E-state index contributed by atoms with van der Waals surface area (Å²) < 4.78 is 15.4. The average Bonchev–Trinajstić information content (AvgIpc) is 3.23. The van der Waals surface area contributed by atoms with Gasteiger partial charge in [0.2, 0.25) is 0 Å². The standard InChI is InChI=1S/C22H27FN6/c1-2-27-14-16-28(17-15-27)21(19-8-10-20(23)11-9-19)22-24-25-26-29(22)13-12-18-6-4-3-5-7-18/h3-11,21H,2,12-17H2,1H3. The Hall–Kier alpha value is -2.64. The summed E-state index contributed by atoms with van der Waals surface area (Å²) in [6.45, 7) is 7.85. The van der Waals surface area contributed by atoms with E-state index in [0.29, 0.717) is 6.54 Å². The number of hydrogen-bond acceptors (Lipinski definition) is 5. The van der Waals surface area contributed by atoms with E-state index in [0.717, 1.165) is 50.5 Å². The molecule has 1 fully saturated rings. The third-order valence-electron chi connectivity index (χ3n) is 5.66. The van der Waals surface area contributed by atoms with Gasteiger partial charge in [-0.2, -0.15) is 0 Å². The minimum atomic E-state index is -0.230. The van der Waals surface area contributed by atoms with Gasteiger partial charge in [-0.1, -0.05) is 49.4 Å². The Morgan fingerprint density at radius 3 is 2.38 bits per heavy atom. The monoisotopic (exact) mass is 394 g/mol. The van der Waals surface area contributed by atoms with Crippen molar-refractivity contribution in [1.82, 2.24) is 30.0 Å². The van der Waals surface area contributed by atoms with E-state index in [-0.39, 0.29) is 11.9 Å². The molecule has 0 spiro atoms. The predicted octanol–water partition coefficient (Wildman–Crippen LogP) is 2.78. The van der Waals surface area contributed by atoms with Crippen molar-refractivity contribution in [3.8, 4) is 0 Å². The molecule has 1 atom stereocenters. The van der Waals surface area contributed by atoms with Crippen LogP contribution in [0.5, 0.6) is 0 Å². The molecule has 1 aliphatic rings.